The predicted octanol–water partition coefficient (Wildman–Crippen LogP) is 3.51. The molecule has 1 amide bonds. The zero-order valence-electron chi connectivity index (χ0n) is 12.8. The second kappa shape index (κ2) is 7.46. The average Bonchev–Trinajstić information content (AvgIpc) is 2.43. The number of nitrogens with one attached hydrogen (secondary N) is 1. The number of carboxylic acids is 1. The fourth-order valence-corrected chi connectivity index (χ4v) is 2.16. The molecule has 0 bridgehead atoms. The van der Waals surface area contributed by atoms with Gasteiger partial charge in [-0.05, 0) is 23.6 Å². The predicted molar refractivity (Wildman–Crippen MR) is 83.1 cm³/mol. The van der Waals surface area contributed by atoms with Crippen LogP contribution in [-0.4, -0.2) is 17.0 Å². The highest BCUT2D eigenvalue weighted by molar-refractivity contribution is 6.30. The van der Waals surface area contributed by atoms with E-state index in [4.69, 9.17) is 16.7 Å². The number of carbonyl (C=O) groups excluding carboxylic acids is 1. The Morgan fingerprint density at radius 2 is 1.57 bits per heavy atom. The molecule has 0 aliphatic rings. The number of halogens is 1. The van der Waals surface area contributed by atoms with Crippen molar-refractivity contribution in [2.45, 2.75) is 33.7 Å². The number of amides is 1. The monoisotopic (exact) mass is 311 g/mol. The van der Waals surface area contributed by atoms with E-state index in [2.05, 4.69) is 5.32 Å². The molecule has 0 aliphatic carbocycles. The summed E-state index contributed by atoms with van der Waals surface area (Å²) in [7, 11) is 0. The van der Waals surface area contributed by atoms with Gasteiger partial charge in [-0.15, -0.1) is 0 Å². The van der Waals surface area contributed by atoms with Crippen LogP contribution >= 0.6 is 11.6 Å². The Bertz CT molecular complexity index is 499. The van der Waals surface area contributed by atoms with Crippen molar-refractivity contribution < 1.29 is 14.7 Å². The molecule has 2 N–H and O–H groups in total. The first-order chi connectivity index (χ1) is 9.73. The second-order valence-electron chi connectivity index (χ2n) is 5.70. The highest BCUT2D eigenvalue weighted by Crippen LogP contribution is 2.24. The molecular weight excluding hydrogens is 290 g/mol. The smallest absolute Gasteiger partial charge is 0.307 e. The van der Waals surface area contributed by atoms with Crippen LogP contribution < -0.4 is 5.32 Å². The van der Waals surface area contributed by atoms with Gasteiger partial charge in [0, 0.05) is 10.9 Å². The van der Waals surface area contributed by atoms with Crippen molar-refractivity contribution >= 4 is 23.5 Å². The van der Waals surface area contributed by atoms with Crippen molar-refractivity contribution in [1.29, 1.82) is 0 Å². The fraction of sp³-hybridized carbons (Fsp3) is 0.500. The normalized spacial score (nSPS) is 15.3. The first-order valence-electron chi connectivity index (χ1n) is 7.02. The van der Waals surface area contributed by atoms with E-state index in [-0.39, 0.29) is 17.9 Å². The molecule has 116 valence electrons. The molecular formula is C16H22ClNO3. The van der Waals surface area contributed by atoms with Crippen molar-refractivity contribution in [2.75, 3.05) is 0 Å². The van der Waals surface area contributed by atoms with Crippen molar-refractivity contribution in [3.63, 3.8) is 0 Å². The molecule has 5 heteroatoms. The van der Waals surface area contributed by atoms with E-state index in [1.165, 1.54) is 0 Å². The highest BCUT2D eigenvalue weighted by atomic mass is 35.5. The average molecular weight is 312 g/mol. The molecule has 0 heterocycles. The molecule has 1 aromatic rings. The molecule has 0 saturated carbocycles. The Morgan fingerprint density at radius 1 is 1.05 bits per heavy atom. The van der Waals surface area contributed by atoms with Gasteiger partial charge in [-0.1, -0.05) is 51.4 Å². The lowest BCUT2D eigenvalue weighted by atomic mass is 9.92. The SMILES string of the molecule is CC(C)C(NC(=O)C(C)C(C)C(=O)O)c1ccc(Cl)cc1. The minimum Gasteiger partial charge on any atom is -0.481 e. The van der Waals surface area contributed by atoms with Crippen molar-refractivity contribution in [3.05, 3.63) is 34.9 Å². The number of benzene rings is 1. The van der Waals surface area contributed by atoms with Gasteiger partial charge in [-0.25, -0.2) is 0 Å². The van der Waals surface area contributed by atoms with Gasteiger partial charge < -0.3 is 10.4 Å². The maximum atomic E-state index is 12.2. The molecule has 3 unspecified atom stereocenters. The van der Waals surface area contributed by atoms with E-state index in [1.54, 1.807) is 26.0 Å². The lowest BCUT2D eigenvalue weighted by Crippen LogP contribution is -2.39. The maximum absolute atomic E-state index is 12.2. The van der Waals surface area contributed by atoms with Gasteiger partial charge in [0.1, 0.15) is 0 Å². The molecule has 4 nitrogen and oxygen atoms in total. The van der Waals surface area contributed by atoms with Crippen LogP contribution in [0.3, 0.4) is 0 Å². The van der Waals surface area contributed by atoms with Crippen molar-refractivity contribution in [2.24, 2.45) is 17.8 Å². The summed E-state index contributed by atoms with van der Waals surface area (Å²) in [6, 6.07) is 7.14. The van der Waals surface area contributed by atoms with E-state index in [0.29, 0.717) is 5.02 Å². The maximum Gasteiger partial charge on any atom is 0.307 e. The van der Waals surface area contributed by atoms with Gasteiger partial charge in [0.05, 0.1) is 12.0 Å². The Morgan fingerprint density at radius 3 is 2.00 bits per heavy atom. The zero-order chi connectivity index (χ0) is 16.2. The summed E-state index contributed by atoms with van der Waals surface area (Å²) in [5.41, 5.74) is 0.956. The topological polar surface area (TPSA) is 66.4 Å². The number of hydrogen-bond donors (Lipinski definition) is 2. The molecule has 1 aromatic carbocycles. The molecule has 3 atom stereocenters. The minimum atomic E-state index is -0.967. The summed E-state index contributed by atoms with van der Waals surface area (Å²) in [5.74, 6) is -2.34. The van der Waals surface area contributed by atoms with Gasteiger partial charge in [-0.3, -0.25) is 9.59 Å². The van der Waals surface area contributed by atoms with Gasteiger partial charge in [0.15, 0.2) is 0 Å². The standard InChI is InChI=1S/C16H22ClNO3/c1-9(2)14(12-5-7-13(17)8-6-12)18-15(19)10(3)11(4)16(20)21/h5-11,14H,1-4H3,(H,18,19)(H,20,21). The third-order valence-electron chi connectivity index (χ3n) is 3.75. The Labute approximate surface area is 130 Å². The second-order valence-corrected chi connectivity index (χ2v) is 6.13. The summed E-state index contributed by atoms with van der Waals surface area (Å²) in [6.07, 6.45) is 0. The molecule has 0 spiro atoms. The van der Waals surface area contributed by atoms with Crippen LogP contribution in [0.25, 0.3) is 0 Å². The van der Waals surface area contributed by atoms with Crippen molar-refractivity contribution in [1.82, 2.24) is 5.32 Å². The van der Waals surface area contributed by atoms with Crippen LogP contribution in [0.5, 0.6) is 0 Å². The van der Waals surface area contributed by atoms with Crippen LogP contribution in [0.15, 0.2) is 24.3 Å². The summed E-state index contributed by atoms with van der Waals surface area (Å²) in [4.78, 5) is 23.2. The van der Waals surface area contributed by atoms with E-state index >= 15 is 0 Å². The van der Waals surface area contributed by atoms with E-state index in [1.807, 2.05) is 26.0 Å². The van der Waals surface area contributed by atoms with E-state index in [9.17, 15) is 9.59 Å². The van der Waals surface area contributed by atoms with Gasteiger partial charge in [0.2, 0.25) is 5.91 Å². The number of hydrogen-bond acceptors (Lipinski definition) is 2. The molecule has 0 fully saturated rings. The Balaban J connectivity index is 2.86. The van der Waals surface area contributed by atoms with Crippen molar-refractivity contribution in [3.8, 4) is 0 Å². The molecule has 1 rings (SSSR count). The van der Waals surface area contributed by atoms with Crippen LogP contribution in [-0.2, 0) is 9.59 Å². The fourth-order valence-electron chi connectivity index (χ4n) is 2.03. The minimum absolute atomic E-state index is 0.168. The highest BCUT2D eigenvalue weighted by Gasteiger charge is 2.28. The largest absolute Gasteiger partial charge is 0.481 e. The summed E-state index contributed by atoms with van der Waals surface area (Å²) < 4.78 is 0. The molecule has 0 aromatic heterocycles. The molecule has 0 saturated heterocycles. The van der Waals surface area contributed by atoms with E-state index in [0.717, 1.165) is 5.56 Å². The number of carbonyl (C=O) groups is 2. The third-order valence-corrected chi connectivity index (χ3v) is 4.00. The molecule has 0 radical (unpaired) electrons. The Hall–Kier alpha value is -1.55. The van der Waals surface area contributed by atoms with Crippen LogP contribution in [0.2, 0.25) is 5.02 Å². The van der Waals surface area contributed by atoms with Crippen LogP contribution in [0, 0.1) is 17.8 Å². The first kappa shape index (κ1) is 17.5. The van der Waals surface area contributed by atoms with Gasteiger partial charge in [-0.2, -0.15) is 0 Å². The number of carboxylic acid groups (broad SMARTS) is 1. The Kier molecular flexibility index (Phi) is 6.21. The lowest BCUT2D eigenvalue weighted by molar-refractivity contribution is -0.146. The third kappa shape index (κ3) is 4.74. The molecule has 21 heavy (non-hydrogen) atoms. The van der Waals surface area contributed by atoms with Gasteiger partial charge in [0.25, 0.3) is 0 Å². The lowest BCUT2D eigenvalue weighted by Gasteiger charge is -2.26. The van der Waals surface area contributed by atoms with Crippen LogP contribution in [0.1, 0.15) is 39.3 Å². The zero-order valence-corrected chi connectivity index (χ0v) is 13.5. The number of rotatable bonds is 6. The number of aliphatic carboxylic acids is 1. The molecule has 0 aliphatic heterocycles. The summed E-state index contributed by atoms with van der Waals surface area (Å²) in [6.45, 7) is 7.18. The van der Waals surface area contributed by atoms with E-state index < -0.39 is 17.8 Å². The van der Waals surface area contributed by atoms with Gasteiger partial charge >= 0.3 is 5.97 Å². The summed E-state index contributed by atoms with van der Waals surface area (Å²) in [5, 5.41) is 12.6. The first-order valence-corrected chi connectivity index (χ1v) is 7.40. The summed E-state index contributed by atoms with van der Waals surface area (Å²) >= 11 is 5.88. The quantitative estimate of drug-likeness (QED) is 0.845. The van der Waals surface area contributed by atoms with Crippen LogP contribution in [0.4, 0.5) is 0 Å².